The first-order valence-electron chi connectivity index (χ1n) is 6.56. The molecule has 122 valence electrons. The van der Waals surface area contributed by atoms with Gasteiger partial charge in [-0.1, -0.05) is 0 Å². The maximum Gasteiger partial charge on any atom is 0.269 e. The Morgan fingerprint density at radius 1 is 0.917 bits per heavy atom. The number of non-ortho nitro benzene ring substituents is 1. The number of benzene rings is 2. The highest BCUT2D eigenvalue weighted by Gasteiger charge is 2.13. The Morgan fingerprint density at radius 2 is 1.38 bits per heavy atom. The summed E-state index contributed by atoms with van der Waals surface area (Å²) in [7, 11) is -3.77. The van der Waals surface area contributed by atoms with Crippen molar-refractivity contribution in [2.45, 2.75) is 4.90 Å². The Labute approximate surface area is 136 Å². The van der Waals surface area contributed by atoms with E-state index in [1.54, 1.807) is 0 Å². The van der Waals surface area contributed by atoms with Gasteiger partial charge in [-0.15, -0.1) is 10.2 Å². The van der Waals surface area contributed by atoms with Crippen LogP contribution in [0.15, 0.2) is 57.8 Å². The molecule has 10 heteroatoms. The molecule has 0 radical (unpaired) electrons. The third kappa shape index (κ3) is 3.14. The van der Waals surface area contributed by atoms with Crippen LogP contribution in [0.3, 0.4) is 0 Å². The van der Waals surface area contributed by atoms with Gasteiger partial charge >= 0.3 is 0 Å². The van der Waals surface area contributed by atoms with Crippen molar-refractivity contribution in [3.63, 3.8) is 0 Å². The molecular formula is C14H10N4O5S. The van der Waals surface area contributed by atoms with Gasteiger partial charge in [-0.05, 0) is 36.4 Å². The second-order valence-electron chi connectivity index (χ2n) is 4.79. The standard InChI is InChI=1S/C14H10N4O5S/c15-24(21,22)12-7-3-10(4-8-12)14-17-16-13(23-14)9-1-5-11(6-2-9)18(19)20/h1-8H,(H2,15,21,22). The molecule has 9 nitrogen and oxygen atoms in total. The van der Waals surface area contributed by atoms with Crippen molar-refractivity contribution >= 4 is 15.7 Å². The van der Waals surface area contributed by atoms with E-state index in [9.17, 15) is 18.5 Å². The SMILES string of the molecule is NS(=O)(=O)c1ccc(-c2nnc(-c3ccc([N+](=O)[O-])cc3)o2)cc1. The van der Waals surface area contributed by atoms with Crippen LogP contribution in [0.1, 0.15) is 0 Å². The number of nitrogens with two attached hydrogens (primary N) is 1. The molecule has 3 aromatic rings. The zero-order chi connectivity index (χ0) is 17.3. The highest BCUT2D eigenvalue weighted by molar-refractivity contribution is 7.89. The number of nitrogens with zero attached hydrogens (tertiary/aromatic N) is 3. The summed E-state index contributed by atoms with van der Waals surface area (Å²) in [6, 6.07) is 11.3. The lowest BCUT2D eigenvalue weighted by Crippen LogP contribution is -2.11. The molecule has 1 heterocycles. The molecule has 0 aliphatic heterocycles. The van der Waals surface area contributed by atoms with Gasteiger partial charge in [0.15, 0.2) is 0 Å². The summed E-state index contributed by atoms with van der Waals surface area (Å²) in [6.45, 7) is 0. The van der Waals surface area contributed by atoms with Crippen molar-refractivity contribution in [1.29, 1.82) is 0 Å². The highest BCUT2D eigenvalue weighted by Crippen LogP contribution is 2.25. The Bertz CT molecular complexity index is 994. The molecule has 0 saturated carbocycles. The maximum atomic E-state index is 11.2. The van der Waals surface area contributed by atoms with Gasteiger partial charge < -0.3 is 4.42 Å². The Kier molecular flexibility index (Phi) is 3.83. The van der Waals surface area contributed by atoms with Crippen molar-refractivity contribution in [3.05, 3.63) is 58.6 Å². The average Bonchev–Trinajstić information content (AvgIpc) is 3.04. The molecule has 1 aromatic heterocycles. The fraction of sp³-hybridized carbons (Fsp3) is 0. The largest absolute Gasteiger partial charge is 0.416 e. The van der Waals surface area contributed by atoms with Crippen LogP contribution in [0.2, 0.25) is 0 Å². The summed E-state index contributed by atoms with van der Waals surface area (Å²) in [5.74, 6) is 0.375. The summed E-state index contributed by atoms with van der Waals surface area (Å²) >= 11 is 0. The average molecular weight is 346 g/mol. The summed E-state index contributed by atoms with van der Waals surface area (Å²) in [5, 5.41) is 23.4. The van der Waals surface area contributed by atoms with Gasteiger partial charge in [-0.25, -0.2) is 13.6 Å². The van der Waals surface area contributed by atoms with Crippen LogP contribution in [0.5, 0.6) is 0 Å². The molecule has 0 spiro atoms. The van der Waals surface area contributed by atoms with E-state index in [-0.39, 0.29) is 22.4 Å². The van der Waals surface area contributed by atoms with Crippen LogP contribution < -0.4 is 5.14 Å². The smallest absolute Gasteiger partial charge is 0.269 e. The summed E-state index contributed by atoms with van der Waals surface area (Å²) < 4.78 is 28.0. The molecule has 0 saturated heterocycles. The van der Waals surface area contributed by atoms with Gasteiger partial charge in [-0.2, -0.15) is 0 Å². The van der Waals surface area contributed by atoms with E-state index >= 15 is 0 Å². The van der Waals surface area contributed by atoms with E-state index < -0.39 is 14.9 Å². The molecule has 2 aromatic carbocycles. The second-order valence-corrected chi connectivity index (χ2v) is 6.35. The molecule has 0 aliphatic carbocycles. The molecule has 0 bridgehead atoms. The minimum Gasteiger partial charge on any atom is -0.416 e. The first kappa shape index (κ1) is 15.8. The van der Waals surface area contributed by atoms with Crippen LogP contribution >= 0.6 is 0 Å². The minimum absolute atomic E-state index is 0.0265. The number of nitro groups is 1. The van der Waals surface area contributed by atoms with Gasteiger partial charge in [-0.3, -0.25) is 10.1 Å². The molecule has 24 heavy (non-hydrogen) atoms. The zero-order valence-electron chi connectivity index (χ0n) is 12.0. The first-order valence-corrected chi connectivity index (χ1v) is 8.11. The first-order chi connectivity index (χ1) is 11.3. The molecule has 0 atom stereocenters. The zero-order valence-corrected chi connectivity index (χ0v) is 12.8. The second kappa shape index (κ2) is 5.83. The Balaban J connectivity index is 1.89. The number of aromatic nitrogens is 2. The van der Waals surface area contributed by atoms with Crippen molar-refractivity contribution in [2.75, 3.05) is 0 Å². The predicted octanol–water partition coefficient (Wildman–Crippen LogP) is 1.96. The van der Waals surface area contributed by atoms with E-state index in [1.165, 1.54) is 48.5 Å². The van der Waals surface area contributed by atoms with Crippen LogP contribution in [0.4, 0.5) is 5.69 Å². The summed E-state index contributed by atoms with van der Waals surface area (Å²) in [6.07, 6.45) is 0. The van der Waals surface area contributed by atoms with Gasteiger partial charge in [0.05, 0.1) is 9.82 Å². The van der Waals surface area contributed by atoms with Gasteiger partial charge in [0.2, 0.25) is 21.8 Å². The fourth-order valence-corrected chi connectivity index (χ4v) is 2.48. The quantitative estimate of drug-likeness (QED) is 0.562. The van der Waals surface area contributed by atoms with Gasteiger partial charge in [0.1, 0.15) is 0 Å². The van der Waals surface area contributed by atoms with E-state index in [0.29, 0.717) is 11.1 Å². The van der Waals surface area contributed by atoms with E-state index in [0.717, 1.165) is 0 Å². The number of primary sulfonamides is 1. The third-order valence-electron chi connectivity index (χ3n) is 3.18. The number of rotatable bonds is 4. The molecule has 0 amide bonds. The number of hydrogen-bond donors (Lipinski definition) is 1. The molecule has 0 unspecified atom stereocenters. The lowest BCUT2D eigenvalue weighted by Gasteiger charge is -1.99. The van der Waals surface area contributed by atoms with Crippen molar-refractivity contribution < 1.29 is 17.8 Å². The summed E-state index contributed by atoms with van der Waals surface area (Å²) in [5.41, 5.74) is 1.00. The third-order valence-corrected chi connectivity index (χ3v) is 4.11. The van der Waals surface area contributed by atoms with E-state index in [4.69, 9.17) is 9.56 Å². The Hall–Kier alpha value is -3.11. The lowest BCUT2D eigenvalue weighted by molar-refractivity contribution is -0.384. The normalized spacial score (nSPS) is 11.4. The Morgan fingerprint density at radius 3 is 1.79 bits per heavy atom. The molecular weight excluding hydrogens is 336 g/mol. The minimum atomic E-state index is -3.77. The maximum absolute atomic E-state index is 11.2. The van der Waals surface area contributed by atoms with Crippen LogP contribution in [-0.2, 0) is 10.0 Å². The molecule has 0 aliphatic rings. The van der Waals surface area contributed by atoms with E-state index in [2.05, 4.69) is 10.2 Å². The van der Waals surface area contributed by atoms with Gasteiger partial charge in [0, 0.05) is 23.3 Å². The van der Waals surface area contributed by atoms with Crippen molar-refractivity contribution in [2.24, 2.45) is 5.14 Å². The van der Waals surface area contributed by atoms with Crippen LogP contribution in [-0.4, -0.2) is 23.5 Å². The van der Waals surface area contributed by atoms with Crippen LogP contribution in [0, 0.1) is 10.1 Å². The highest BCUT2D eigenvalue weighted by atomic mass is 32.2. The number of hydrogen-bond acceptors (Lipinski definition) is 7. The number of sulfonamides is 1. The van der Waals surface area contributed by atoms with Gasteiger partial charge in [0.25, 0.3) is 5.69 Å². The van der Waals surface area contributed by atoms with Crippen molar-refractivity contribution in [1.82, 2.24) is 10.2 Å². The molecule has 0 fully saturated rings. The molecule has 3 rings (SSSR count). The van der Waals surface area contributed by atoms with E-state index in [1.807, 2.05) is 0 Å². The fourth-order valence-electron chi connectivity index (χ4n) is 1.97. The predicted molar refractivity (Wildman–Crippen MR) is 83.2 cm³/mol. The summed E-state index contributed by atoms with van der Waals surface area (Å²) in [4.78, 5) is 10.1. The van der Waals surface area contributed by atoms with Crippen molar-refractivity contribution in [3.8, 4) is 22.9 Å². The van der Waals surface area contributed by atoms with Crippen LogP contribution in [0.25, 0.3) is 22.9 Å². The monoisotopic (exact) mass is 346 g/mol. The molecule has 2 N–H and O–H groups in total. The topological polar surface area (TPSA) is 142 Å². The number of nitro benzene ring substituents is 1. The lowest BCUT2D eigenvalue weighted by atomic mass is 10.2.